The van der Waals surface area contributed by atoms with E-state index in [4.69, 9.17) is 5.73 Å². The Morgan fingerprint density at radius 1 is 1.21 bits per heavy atom. The van der Waals surface area contributed by atoms with Crippen molar-refractivity contribution in [2.45, 2.75) is 58.0 Å². The Morgan fingerprint density at radius 2 is 1.79 bits per heavy atom. The van der Waals surface area contributed by atoms with E-state index in [1.165, 1.54) is 37.1 Å². The highest BCUT2D eigenvalue weighted by atomic mass is 15.2. The summed E-state index contributed by atoms with van der Waals surface area (Å²) in [5.41, 5.74) is 9.38. The molecule has 1 aromatic rings. The summed E-state index contributed by atoms with van der Waals surface area (Å²) in [6.45, 7) is 9.17. The lowest BCUT2D eigenvalue weighted by Crippen LogP contribution is -2.57. The third kappa shape index (κ3) is 3.18. The minimum Gasteiger partial charge on any atom is -0.326 e. The van der Waals surface area contributed by atoms with Crippen LogP contribution in [0.15, 0.2) is 24.3 Å². The van der Waals surface area contributed by atoms with Crippen LogP contribution in [0.1, 0.15) is 44.2 Å². The number of likely N-dealkylation sites (tertiary alicyclic amines) is 1. The summed E-state index contributed by atoms with van der Waals surface area (Å²) < 4.78 is 0. The second-order valence-corrected chi connectivity index (χ2v) is 6.20. The third-order valence-corrected chi connectivity index (χ3v) is 4.92. The lowest BCUT2D eigenvalue weighted by atomic mass is 9.84. The van der Waals surface area contributed by atoms with Gasteiger partial charge in [0.15, 0.2) is 0 Å². The zero-order chi connectivity index (χ0) is 13.9. The Balaban J connectivity index is 2.07. The van der Waals surface area contributed by atoms with Crippen molar-refractivity contribution in [2.75, 3.05) is 13.1 Å². The fraction of sp³-hybridized carbons (Fsp3) is 0.647. The first-order chi connectivity index (χ1) is 9.06. The largest absolute Gasteiger partial charge is 0.326 e. The fourth-order valence-corrected chi connectivity index (χ4v) is 3.15. The van der Waals surface area contributed by atoms with Gasteiger partial charge in [-0.3, -0.25) is 4.90 Å². The molecule has 0 aromatic heterocycles. The molecule has 1 saturated heterocycles. The molecule has 2 unspecified atom stereocenters. The average molecular weight is 260 g/mol. The minimum atomic E-state index is 0.140. The van der Waals surface area contributed by atoms with Crippen molar-refractivity contribution in [3.63, 3.8) is 0 Å². The third-order valence-electron chi connectivity index (χ3n) is 4.92. The molecule has 2 atom stereocenters. The highest BCUT2D eigenvalue weighted by Gasteiger charge is 2.37. The molecule has 106 valence electrons. The van der Waals surface area contributed by atoms with Gasteiger partial charge < -0.3 is 5.73 Å². The standard InChI is InChI=1S/C17H28N2/c1-4-17(3,19-11-5-6-12-19)16(18)13-15-9-7-14(2)8-10-15/h7-10,16H,4-6,11-13,18H2,1-3H3. The Morgan fingerprint density at radius 3 is 2.32 bits per heavy atom. The lowest BCUT2D eigenvalue weighted by Gasteiger charge is -2.43. The van der Waals surface area contributed by atoms with Gasteiger partial charge >= 0.3 is 0 Å². The molecule has 0 spiro atoms. The Hall–Kier alpha value is -0.860. The smallest absolute Gasteiger partial charge is 0.0332 e. The highest BCUT2D eigenvalue weighted by Crippen LogP contribution is 2.28. The molecule has 2 rings (SSSR count). The van der Waals surface area contributed by atoms with E-state index in [1.54, 1.807) is 0 Å². The van der Waals surface area contributed by atoms with E-state index in [9.17, 15) is 0 Å². The molecule has 0 saturated carbocycles. The first-order valence-corrected chi connectivity index (χ1v) is 7.62. The van der Waals surface area contributed by atoms with Crippen molar-refractivity contribution >= 4 is 0 Å². The van der Waals surface area contributed by atoms with Gasteiger partial charge in [-0.1, -0.05) is 36.8 Å². The number of hydrogen-bond acceptors (Lipinski definition) is 2. The molecule has 1 aliphatic rings. The number of benzene rings is 1. The van der Waals surface area contributed by atoms with Gasteiger partial charge in [0.2, 0.25) is 0 Å². The first kappa shape index (κ1) is 14.5. The predicted molar refractivity (Wildman–Crippen MR) is 82.4 cm³/mol. The number of nitrogens with zero attached hydrogens (tertiary/aromatic N) is 1. The predicted octanol–water partition coefficient (Wildman–Crippen LogP) is 3.13. The van der Waals surface area contributed by atoms with Crippen LogP contribution in [0.3, 0.4) is 0 Å². The first-order valence-electron chi connectivity index (χ1n) is 7.62. The molecule has 2 N–H and O–H groups in total. The van der Waals surface area contributed by atoms with E-state index < -0.39 is 0 Å². The summed E-state index contributed by atoms with van der Waals surface area (Å²) in [5, 5.41) is 0. The van der Waals surface area contributed by atoms with Gasteiger partial charge in [0.05, 0.1) is 0 Å². The maximum Gasteiger partial charge on any atom is 0.0332 e. The van der Waals surface area contributed by atoms with Gasteiger partial charge in [0, 0.05) is 11.6 Å². The Kier molecular flexibility index (Phi) is 4.64. The van der Waals surface area contributed by atoms with Crippen LogP contribution >= 0.6 is 0 Å². The van der Waals surface area contributed by atoms with E-state index >= 15 is 0 Å². The van der Waals surface area contributed by atoms with E-state index in [-0.39, 0.29) is 11.6 Å². The molecular formula is C17H28N2. The van der Waals surface area contributed by atoms with Gasteiger partial charge in [0.1, 0.15) is 0 Å². The maximum atomic E-state index is 6.57. The van der Waals surface area contributed by atoms with Crippen LogP contribution in [0.25, 0.3) is 0 Å². The van der Waals surface area contributed by atoms with Gasteiger partial charge in [-0.05, 0) is 58.2 Å². The fourth-order valence-electron chi connectivity index (χ4n) is 3.15. The van der Waals surface area contributed by atoms with E-state index in [0.29, 0.717) is 0 Å². The molecule has 0 amide bonds. The summed E-state index contributed by atoms with van der Waals surface area (Å²) in [6, 6.07) is 9.01. The van der Waals surface area contributed by atoms with Gasteiger partial charge in [-0.25, -0.2) is 0 Å². The average Bonchev–Trinajstić information content (AvgIpc) is 2.95. The maximum absolute atomic E-state index is 6.57. The molecule has 19 heavy (non-hydrogen) atoms. The van der Waals surface area contributed by atoms with Crippen molar-refractivity contribution in [2.24, 2.45) is 5.73 Å². The minimum absolute atomic E-state index is 0.140. The summed E-state index contributed by atoms with van der Waals surface area (Å²) in [6.07, 6.45) is 4.75. The van der Waals surface area contributed by atoms with Crippen molar-refractivity contribution in [1.82, 2.24) is 4.90 Å². The zero-order valence-electron chi connectivity index (χ0n) is 12.7. The molecule has 1 aromatic carbocycles. The number of aryl methyl sites for hydroxylation is 1. The molecule has 0 aliphatic carbocycles. The number of nitrogens with two attached hydrogens (primary N) is 1. The zero-order valence-corrected chi connectivity index (χ0v) is 12.7. The van der Waals surface area contributed by atoms with Crippen molar-refractivity contribution < 1.29 is 0 Å². The Labute approximate surface area is 118 Å². The normalized spacial score (nSPS) is 21.3. The molecule has 1 aliphatic heterocycles. The second kappa shape index (κ2) is 6.06. The summed E-state index contributed by atoms with van der Waals surface area (Å²) in [5.74, 6) is 0. The number of rotatable bonds is 5. The Bertz CT molecular complexity index is 392. The van der Waals surface area contributed by atoms with E-state index in [0.717, 1.165) is 12.8 Å². The SMILES string of the molecule is CCC(C)(C(N)Cc1ccc(C)cc1)N1CCCC1. The van der Waals surface area contributed by atoms with E-state index in [1.807, 2.05) is 0 Å². The summed E-state index contributed by atoms with van der Waals surface area (Å²) in [4.78, 5) is 2.60. The van der Waals surface area contributed by atoms with Crippen molar-refractivity contribution in [3.05, 3.63) is 35.4 Å². The van der Waals surface area contributed by atoms with E-state index in [2.05, 4.69) is 49.9 Å². The molecule has 1 fully saturated rings. The quantitative estimate of drug-likeness (QED) is 0.881. The second-order valence-electron chi connectivity index (χ2n) is 6.20. The highest BCUT2D eigenvalue weighted by molar-refractivity contribution is 5.22. The van der Waals surface area contributed by atoms with Crippen LogP contribution in [0.2, 0.25) is 0 Å². The van der Waals surface area contributed by atoms with Crippen LogP contribution in [0, 0.1) is 6.92 Å². The molecule has 0 radical (unpaired) electrons. The van der Waals surface area contributed by atoms with Crippen LogP contribution in [-0.2, 0) is 6.42 Å². The van der Waals surface area contributed by atoms with Crippen molar-refractivity contribution in [1.29, 1.82) is 0 Å². The molecular weight excluding hydrogens is 232 g/mol. The van der Waals surface area contributed by atoms with Crippen molar-refractivity contribution in [3.8, 4) is 0 Å². The lowest BCUT2D eigenvalue weighted by molar-refractivity contribution is 0.0999. The van der Waals surface area contributed by atoms with Gasteiger partial charge in [-0.2, -0.15) is 0 Å². The van der Waals surface area contributed by atoms with Crippen LogP contribution in [0.5, 0.6) is 0 Å². The van der Waals surface area contributed by atoms with Crippen LogP contribution in [-0.4, -0.2) is 29.6 Å². The van der Waals surface area contributed by atoms with Crippen LogP contribution < -0.4 is 5.73 Å². The monoisotopic (exact) mass is 260 g/mol. The summed E-state index contributed by atoms with van der Waals surface area (Å²) >= 11 is 0. The van der Waals surface area contributed by atoms with Gasteiger partial charge in [-0.15, -0.1) is 0 Å². The topological polar surface area (TPSA) is 29.3 Å². The molecule has 1 heterocycles. The molecule has 2 heteroatoms. The molecule has 0 bridgehead atoms. The molecule has 2 nitrogen and oxygen atoms in total. The summed E-state index contributed by atoms with van der Waals surface area (Å²) in [7, 11) is 0. The van der Waals surface area contributed by atoms with Crippen LogP contribution in [0.4, 0.5) is 0 Å². The number of hydrogen-bond donors (Lipinski definition) is 1. The van der Waals surface area contributed by atoms with Gasteiger partial charge in [0.25, 0.3) is 0 Å².